The third-order valence-electron chi connectivity index (χ3n) is 2.77. The Morgan fingerprint density at radius 1 is 1.19 bits per heavy atom. The van der Waals surface area contributed by atoms with E-state index in [9.17, 15) is 0 Å². The summed E-state index contributed by atoms with van der Waals surface area (Å²) in [4.78, 5) is 0. The van der Waals surface area contributed by atoms with Crippen LogP contribution in [-0.4, -0.2) is 26.4 Å². The van der Waals surface area contributed by atoms with Gasteiger partial charge >= 0.3 is 0 Å². The van der Waals surface area contributed by atoms with Gasteiger partial charge in [0.25, 0.3) is 0 Å². The van der Waals surface area contributed by atoms with Crippen molar-refractivity contribution in [1.82, 2.24) is 0 Å². The molecule has 0 saturated heterocycles. The number of ether oxygens (including phenoxy) is 3. The minimum Gasteiger partial charge on any atom is -0.493 e. The monoisotopic (exact) mass is 223 g/mol. The molecule has 0 aromatic heterocycles. The van der Waals surface area contributed by atoms with Gasteiger partial charge in [-0.2, -0.15) is 0 Å². The molecule has 4 nitrogen and oxygen atoms in total. The summed E-state index contributed by atoms with van der Waals surface area (Å²) in [6.07, 6.45) is 2.05. The molecule has 0 amide bonds. The van der Waals surface area contributed by atoms with Crippen LogP contribution in [0.3, 0.4) is 0 Å². The quantitative estimate of drug-likeness (QED) is 0.823. The van der Waals surface area contributed by atoms with Crippen molar-refractivity contribution in [2.75, 3.05) is 20.8 Å². The van der Waals surface area contributed by atoms with Crippen LogP contribution in [0.5, 0.6) is 17.2 Å². The Hall–Kier alpha value is -1.42. The van der Waals surface area contributed by atoms with E-state index in [1.807, 2.05) is 18.2 Å². The van der Waals surface area contributed by atoms with E-state index in [-0.39, 0.29) is 5.54 Å². The second kappa shape index (κ2) is 4.22. The number of benzene rings is 1. The topological polar surface area (TPSA) is 53.7 Å². The van der Waals surface area contributed by atoms with Crippen molar-refractivity contribution >= 4 is 0 Å². The van der Waals surface area contributed by atoms with E-state index in [1.54, 1.807) is 14.2 Å². The SMILES string of the molecule is COc1cccc(OCC2(N)CC2)c1OC. The Morgan fingerprint density at radius 2 is 1.88 bits per heavy atom. The first kappa shape index (κ1) is 11.1. The summed E-state index contributed by atoms with van der Waals surface area (Å²) >= 11 is 0. The minimum absolute atomic E-state index is 0.131. The summed E-state index contributed by atoms with van der Waals surface area (Å²) < 4.78 is 16.1. The first-order valence-electron chi connectivity index (χ1n) is 5.31. The molecule has 16 heavy (non-hydrogen) atoms. The lowest BCUT2D eigenvalue weighted by atomic mass is 10.3. The molecule has 1 aromatic rings. The van der Waals surface area contributed by atoms with Gasteiger partial charge in [0.15, 0.2) is 11.5 Å². The van der Waals surface area contributed by atoms with Crippen LogP contribution in [-0.2, 0) is 0 Å². The normalized spacial score (nSPS) is 16.7. The Morgan fingerprint density at radius 3 is 2.44 bits per heavy atom. The standard InChI is InChI=1S/C12H17NO3/c1-14-9-4-3-5-10(11(9)15-2)16-8-12(13)6-7-12/h3-5H,6-8,13H2,1-2H3. The van der Waals surface area contributed by atoms with Gasteiger partial charge in [-0.05, 0) is 25.0 Å². The smallest absolute Gasteiger partial charge is 0.203 e. The maximum Gasteiger partial charge on any atom is 0.203 e. The zero-order chi connectivity index (χ0) is 11.6. The van der Waals surface area contributed by atoms with Crippen LogP contribution < -0.4 is 19.9 Å². The molecule has 0 radical (unpaired) electrons. The van der Waals surface area contributed by atoms with Gasteiger partial charge < -0.3 is 19.9 Å². The van der Waals surface area contributed by atoms with Gasteiger partial charge in [0, 0.05) is 0 Å². The van der Waals surface area contributed by atoms with Crippen molar-refractivity contribution in [3.63, 3.8) is 0 Å². The molecule has 2 N–H and O–H groups in total. The third-order valence-corrected chi connectivity index (χ3v) is 2.77. The number of para-hydroxylation sites is 1. The van der Waals surface area contributed by atoms with Gasteiger partial charge in [0.05, 0.1) is 19.8 Å². The fourth-order valence-electron chi connectivity index (χ4n) is 1.50. The highest BCUT2D eigenvalue weighted by molar-refractivity contribution is 5.51. The molecule has 0 spiro atoms. The number of nitrogens with two attached hydrogens (primary N) is 1. The van der Waals surface area contributed by atoms with Crippen LogP contribution in [0.25, 0.3) is 0 Å². The van der Waals surface area contributed by atoms with Crippen molar-refractivity contribution < 1.29 is 14.2 Å². The number of methoxy groups -OCH3 is 2. The number of hydrogen-bond acceptors (Lipinski definition) is 4. The molecule has 88 valence electrons. The van der Waals surface area contributed by atoms with E-state index in [0.29, 0.717) is 23.9 Å². The molecular weight excluding hydrogens is 206 g/mol. The number of hydrogen-bond donors (Lipinski definition) is 1. The molecule has 4 heteroatoms. The van der Waals surface area contributed by atoms with Gasteiger partial charge in [0.1, 0.15) is 6.61 Å². The summed E-state index contributed by atoms with van der Waals surface area (Å²) in [6, 6.07) is 5.56. The predicted octanol–water partition coefficient (Wildman–Crippen LogP) is 1.57. The predicted molar refractivity (Wildman–Crippen MR) is 61.2 cm³/mol. The van der Waals surface area contributed by atoms with E-state index in [4.69, 9.17) is 19.9 Å². The second-order valence-corrected chi connectivity index (χ2v) is 4.14. The van der Waals surface area contributed by atoms with Crippen molar-refractivity contribution in [2.45, 2.75) is 18.4 Å². The van der Waals surface area contributed by atoms with Crippen LogP contribution >= 0.6 is 0 Å². The lowest BCUT2D eigenvalue weighted by Gasteiger charge is -2.15. The van der Waals surface area contributed by atoms with E-state index in [1.165, 1.54) is 0 Å². The van der Waals surface area contributed by atoms with Gasteiger partial charge in [0.2, 0.25) is 5.75 Å². The van der Waals surface area contributed by atoms with Crippen molar-refractivity contribution in [3.05, 3.63) is 18.2 Å². The Balaban J connectivity index is 2.12. The highest BCUT2D eigenvalue weighted by Gasteiger charge is 2.39. The zero-order valence-corrected chi connectivity index (χ0v) is 9.66. The van der Waals surface area contributed by atoms with Gasteiger partial charge in [-0.15, -0.1) is 0 Å². The average Bonchev–Trinajstić information content (AvgIpc) is 3.04. The maximum atomic E-state index is 5.96. The molecule has 1 aromatic carbocycles. The Labute approximate surface area is 95.3 Å². The minimum atomic E-state index is -0.131. The zero-order valence-electron chi connectivity index (χ0n) is 9.66. The molecule has 0 atom stereocenters. The van der Waals surface area contributed by atoms with E-state index < -0.39 is 0 Å². The van der Waals surface area contributed by atoms with Gasteiger partial charge in [-0.3, -0.25) is 0 Å². The molecule has 1 saturated carbocycles. The van der Waals surface area contributed by atoms with Crippen LogP contribution in [0.15, 0.2) is 18.2 Å². The molecule has 1 fully saturated rings. The molecule has 1 aliphatic rings. The third kappa shape index (κ3) is 2.22. The maximum absolute atomic E-state index is 5.96. The number of rotatable bonds is 5. The van der Waals surface area contributed by atoms with Crippen LogP contribution in [0, 0.1) is 0 Å². The molecule has 0 aliphatic heterocycles. The molecule has 2 rings (SSSR count). The fourth-order valence-corrected chi connectivity index (χ4v) is 1.50. The Bertz CT molecular complexity index is 375. The summed E-state index contributed by atoms with van der Waals surface area (Å²) in [6.45, 7) is 0.524. The summed E-state index contributed by atoms with van der Waals surface area (Å²) in [5.74, 6) is 1.97. The van der Waals surface area contributed by atoms with Crippen LogP contribution in [0.2, 0.25) is 0 Å². The summed E-state index contributed by atoms with van der Waals surface area (Å²) in [7, 11) is 3.20. The van der Waals surface area contributed by atoms with E-state index >= 15 is 0 Å². The highest BCUT2D eigenvalue weighted by Crippen LogP contribution is 2.39. The first-order valence-corrected chi connectivity index (χ1v) is 5.31. The molecule has 1 aliphatic carbocycles. The van der Waals surface area contributed by atoms with Crippen molar-refractivity contribution in [3.8, 4) is 17.2 Å². The fraction of sp³-hybridized carbons (Fsp3) is 0.500. The lowest BCUT2D eigenvalue weighted by molar-refractivity contribution is 0.258. The molecule has 0 unspecified atom stereocenters. The highest BCUT2D eigenvalue weighted by atomic mass is 16.5. The second-order valence-electron chi connectivity index (χ2n) is 4.14. The molecule has 0 heterocycles. The average molecular weight is 223 g/mol. The molecule has 0 bridgehead atoms. The lowest BCUT2D eigenvalue weighted by Crippen LogP contribution is -2.29. The first-order chi connectivity index (χ1) is 7.68. The van der Waals surface area contributed by atoms with Gasteiger partial charge in [-0.1, -0.05) is 6.07 Å². The molecular formula is C12H17NO3. The summed E-state index contributed by atoms with van der Waals surface area (Å²) in [5, 5.41) is 0. The van der Waals surface area contributed by atoms with Crippen molar-refractivity contribution in [2.24, 2.45) is 5.73 Å². The summed E-state index contributed by atoms with van der Waals surface area (Å²) in [5.41, 5.74) is 5.83. The van der Waals surface area contributed by atoms with Crippen molar-refractivity contribution in [1.29, 1.82) is 0 Å². The van der Waals surface area contributed by atoms with Gasteiger partial charge in [-0.25, -0.2) is 0 Å². The largest absolute Gasteiger partial charge is 0.493 e. The van der Waals surface area contributed by atoms with E-state index in [0.717, 1.165) is 12.8 Å². The Kier molecular flexibility index (Phi) is 2.92. The van der Waals surface area contributed by atoms with E-state index in [2.05, 4.69) is 0 Å². The van der Waals surface area contributed by atoms with Crippen LogP contribution in [0.4, 0.5) is 0 Å². The van der Waals surface area contributed by atoms with Crippen LogP contribution in [0.1, 0.15) is 12.8 Å².